The number of aliphatic hydroxyl groups is 1. The number of carbonyl (C=O) groups excluding carboxylic acids is 1. The predicted octanol–water partition coefficient (Wildman–Crippen LogP) is 1.67. The number of ether oxygens (including phenoxy) is 1. The number of pyridine rings is 1. The van der Waals surface area contributed by atoms with E-state index in [9.17, 15) is 14.3 Å². The molecule has 1 aromatic carbocycles. The van der Waals surface area contributed by atoms with Crippen molar-refractivity contribution < 1.29 is 19.0 Å². The van der Waals surface area contributed by atoms with Gasteiger partial charge in [-0.25, -0.2) is 9.37 Å². The molecule has 1 amide bonds. The molecule has 1 fully saturated rings. The summed E-state index contributed by atoms with van der Waals surface area (Å²) in [5, 5.41) is 13.3. The summed E-state index contributed by atoms with van der Waals surface area (Å²) in [4.78, 5) is 18.0. The fourth-order valence-electron chi connectivity index (χ4n) is 2.76. The summed E-state index contributed by atoms with van der Waals surface area (Å²) < 4.78 is 18.4. The van der Waals surface area contributed by atoms with Crippen LogP contribution in [-0.2, 0) is 4.79 Å². The Bertz CT molecular complexity index is 711. The van der Waals surface area contributed by atoms with E-state index in [1.807, 2.05) is 4.90 Å². The standard InChI is InChI=1S/C18H20FN3O3/c19-14-4-6-15(7-5-14)25-13-18(24)8-10-22(12-18)11-17(23)21-16-3-1-2-9-20-16/h1-7,9,24H,8,10-13H2,(H,20,21,23). The van der Waals surface area contributed by atoms with Gasteiger partial charge in [-0.15, -0.1) is 0 Å². The maximum absolute atomic E-state index is 12.9. The molecular weight excluding hydrogens is 325 g/mol. The highest BCUT2D eigenvalue weighted by Gasteiger charge is 2.37. The number of likely N-dealkylation sites (tertiary alicyclic amines) is 1. The average Bonchev–Trinajstić information content (AvgIpc) is 2.96. The van der Waals surface area contributed by atoms with Gasteiger partial charge in [-0.3, -0.25) is 9.69 Å². The van der Waals surface area contributed by atoms with E-state index in [0.717, 1.165) is 0 Å². The minimum absolute atomic E-state index is 0.0942. The number of hydrogen-bond acceptors (Lipinski definition) is 5. The third kappa shape index (κ3) is 4.98. The Morgan fingerprint density at radius 3 is 2.84 bits per heavy atom. The van der Waals surface area contributed by atoms with Crippen molar-refractivity contribution in [1.82, 2.24) is 9.88 Å². The Balaban J connectivity index is 1.47. The Hall–Kier alpha value is -2.51. The van der Waals surface area contributed by atoms with Gasteiger partial charge in [0, 0.05) is 19.3 Å². The van der Waals surface area contributed by atoms with Crippen molar-refractivity contribution in [3.63, 3.8) is 0 Å². The highest BCUT2D eigenvalue weighted by molar-refractivity contribution is 5.91. The van der Waals surface area contributed by atoms with E-state index in [-0.39, 0.29) is 24.9 Å². The van der Waals surface area contributed by atoms with Crippen LogP contribution >= 0.6 is 0 Å². The number of halogens is 1. The summed E-state index contributed by atoms with van der Waals surface area (Å²) in [6, 6.07) is 10.9. The first-order chi connectivity index (χ1) is 12.0. The van der Waals surface area contributed by atoms with Crippen LogP contribution in [-0.4, -0.2) is 52.7 Å². The number of nitrogens with zero attached hydrogens (tertiary/aromatic N) is 2. The smallest absolute Gasteiger partial charge is 0.239 e. The van der Waals surface area contributed by atoms with Gasteiger partial charge < -0.3 is 15.2 Å². The van der Waals surface area contributed by atoms with Crippen molar-refractivity contribution in [3.8, 4) is 5.75 Å². The summed E-state index contributed by atoms with van der Waals surface area (Å²) in [6.07, 6.45) is 2.11. The second kappa shape index (κ2) is 7.58. The molecule has 1 aliphatic rings. The van der Waals surface area contributed by atoms with Gasteiger partial charge in [0.15, 0.2) is 0 Å². The van der Waals surface area contributed by atoms with Gasteiger partial charge in [0.05, 0.1) is 6.54 Å². The Kier molecular flexibility index (Phi) is 5.25. The zero-order valence-corrected chi connectivity index (χ0v) is 13.7. The molecule has 1 unspecified atom stereocenters. The van der Waals surface area contributed by atoms with Gasteiger partial charge in [0.2, 0.25) is 5.91 Å². The first-order valence-electron chi connectivity index (χ1n) is 8.06. The fraction of sp³-hybridized carbons (Fsp3) is 0.333. The van der Waals surface area contributed by atoms with Crippen molar-refractivity contribution in [2.24, 2.45) is 0 Å². The summed E-state index contributed by atoms with van der Waals surface area (Å²) in [5.41, 5.74) is -1.03. The summed E-state index contributed by atoms with van der Waals surface area (Å²) in [6.45, 7) is 1.20. The molecular formula is C18H20FN3O3. The fourth-order valence-corrected chi connectivity index (χ4v) is 2.76. The second-order valence-corrected chi connectivity index (χ2v) is 6.19. The molecule has 6 nitrogen and oxygen atoms in total. The number of hydrogen-bond donors (Lipinski definition) is 2. The Morgan fingerprint density at radius 2 is 2.12 bits per heavy atom. The molecule has 2 N–H and O–H groups in total. The SMILES string of the molecule is O=C(CN1CCC(O)(COc2ccc(F)cc2)C1)Nc1ccccn1. The lowest BCUT2D eigenvalue weighted by atomic mass is 10.1. The van der Waals surface area contributed by atoms with E-state index in [0.29, 0.717) is 31.1 Å². The van der Waals surface area contributed by atoms with Crippen LogP contribution in [0.25, 0.3) is 0 Å². The van der Waals surface area contributed by atoms with Gasteiger partial charge in [0.1, 0.15) is 29.6 Å². The molecule has 2 aromatic rings. The largest absolute Gasteiger partial charge is 0.491 e. The van der Waals surface area contributed by atoms with Crippen molar-refractivity contribution in [2.75, 3.05) is 31.6 Å². The van der Waals surface area contributed by atoms with E-state index in [4.69, 9.17) is 4.74 Å². The number of anilines is 1. The lowest BCUT2D eigenvalue weighted by Crippen LogP contribution is -2.41. The molecule has 0 saturated carbocycles. The second-order valence-electron chi connectivity index (χ2n) is 6.19. The summed E-state index contributed by atoms with van der Waals surface area (Å²) in [7, 11) is 0. The van der Waals surface area contributed by atoms with Crippen LogP contribution in [0, 0.1) is 5.82 Å². The zero-order chi connectivity index (χ0) is 17.7. The molecule has 1 aliphatic heterocycles. The first kappa shape index (κ1) is 17.3. The number of rotatable bonds is 6. The normalized spacial score (nSPS) is 20.4. The molecule has 1 saturated heterocycles. The van der Waals surface area contributed by atoms with E-state index < -0.39 is 5.60 Å². The molecule has 1 aromatic heterocycles. The topological polar surface area (TPSA) is 74.7 Å². The molecule has 0 spiro atoms. The molecule has 25 heavy (non-hydrogen) atoms. The van der Waals surface area contributed by atoms with Crippen LogP contribution in [0.3, 0.4) is 0 Å². The van der Waals surface area contributed by atoms with Crippen molar-refractivity contribution >= 4 is 11.7 Å². The number of nitrogens with one attached hydrogen (secondary N) is 1. The highest BCUT2D eigenvalue weighted by atomic mass is 19.1. The monoisotopic (exact) mass is 345 g/mol. The molecule has 7 heteroatoms. The summed E-state index contributed by atoms with van der Waals surface area (Å²) >= 11 is 0. The van der Waals surface area contributed by atoms with Gasteiger partial charge in [-0.05, 0) is 42.8 Å². The third-order valence-corrected chi connectivity index (χ3v) is 4.03. The molecule has 0 aliphatic carbocycles. The van der Waals surface area contributed by atoms with Crippen LogP contribution < -0.4 is 10.1 Å². The Morgan fingerprint density at radius 1 is 1.32 bits per heavy atom. The molecule has 0 bridgehead atoms. The van der Waals surface area contributed by atoms with Crippen LogP contribution in [0.4, 0.5) is 10.2 Å². The lowest BCUT2D eigenvalue weighted by molar-refractivity contribution is -0.117. The number of aromatic nitrogens is 1. The average molecular weight is 345 g/mol. The van der Waals surface area contributed by atoms with Crippen LogP contribution in [0.1, 0.15) is 6.42 Å². The molecule has 3 rings (SSSR count). The maximum atomic E-state index is 12.9. The quantitative estimate of drug-likeness (QED) is 0.833. The van der Waals surface area contributed by atoms with Gasteiger partial charge >= 0.3 is 0 Å². The third-order valence-electron chi connectivity index (χ3n) is 4.03. The van der Waals surface area contributed by atoms with E-state index in [1.165, 1.54) is 24.3 Å². The zero-order valence-electron chi connectivity index (χ0n) is 13.7. The van der Waals surface area contributed by atoms with E-state index in [1.54, 1.807) is 24.4 Å². The first-order valence-corrected chi connectivity index (χ1v) is 8.06. The highest BCUT2D eigenvalue weighted by Crippen LogP contribution is 2.23. The molecule has 132 valence electrons. The lowest BCUT2D eigenvalue weighted by Gasteiger charge is -2.23. The number of amides is 1. The maximum Gasteiger partial charge on any atom is 0.239 e. The van der Waals surface area contributed by atoms with Gasteiger partial charge in [-0.2, -0.15) is 0 Å². The van der Waals surface area contributed by atoms with Gasteiger partial charge in [0.25, 0.3) is 0 Å². The van der Waals surface area contributed by atoms with Crippen molar-refractivity contribution in [2.45, 2.75) is 12.0 Å². The van der Waals surface area contributed by atoms with Crippen molar-refractivity contribution in [3.05, 3.63) is 54.5 Å². The van der Waals surface area contributed by atoms with E-state index in [2.05, 4.69) is 10.3 Å². The molecule has 0 radical (unpaired) electrons. The minimum atomic E-state index is -1.03. The van der Waals surface area contributed by atoms with Gasteiger partial charge in [-0.1, -0.05) is 6.07 Å². The minimum Gasteiger partial charge on any atom is -0.491 e. The molecule has 2 heterocycles. The van der Waals surface area contributed by atoms with Crippen LogP contribution in [0.15, 0.2) is 48.7 Å². The summed E-state index contributed by atoms with van der Waals surface area (Å²) in [5.74, 6) is 0.488. The number of carbonyl (C=O) groups is 1. The number of β-amino-alcohol motifs (C(OH)–C–C–N with tert-alkyl or cyclic N) is 1. The van der Waals surface area contributed by atoms with Crippen LogP contribution in [0.5, 0.6) is 5.75 Å². The van der Waals surface area contributed by atoms with E-state index >= 15 is 0 Å². The predicted molar refractivity (Wildman–Crippen MR) is 90.8 cm³/mol. The molecule has 1 atom stereocenters. The Labute approximate surface area is 145 Å². The van der Waals surface area contributed by atoms with Crippen molar-refractivity contribution in [1.29, 1.82) is 0 Å². The van der Waals surface area contributed by atoms with Crippen LogP contribution in [0.2, 0.25) is 0 Å². The number of benzene rings is 1.